The molecule has 0 bridgehead atoms. The molecule has 8 nitrogen and oxygen atoms in total. The lowest BCUT2D eigenvalue weighted by atomic mass is 9.98. The Hall–Kier alpha value is -3.25. The maximum Gasteiger partial charge on any atom is 0.426 e. The first-order chi connectivity index (χ1) is 17.3. The number of pyridine rings is 1. The van der Waals surface area contributed by atoms with Gasteiger partial charge in [0.15, 0.2) is 5.69 Å². The number of rotatable bonds is 8. The fourth-order valence-corrected chi connectivity index (χ4v) is 3.55. The minimum Gasteiger partial charge on any atom is -0.444 e. The zero-order valence-electron chi connectivity index (χ0n) is 20.6. The van der Waals surface area contributed by atoms with Crippen LogP contribution in [0.25, 0.3) is 11.6 Å². The Morgan fingerprint density at radius 2 is 1.86 bits per heavy atom. The van der Waals surface area contributed by atoms with E-state index >= 15 is 0 Å². The smallest absolute Gasteiger partial charge is 0.426 e. The zero-order chi connectivity index (χ0) is 27.4. The molecule has 0 saturated carbocycles. The molecule has 37 heavy (non-hydrogen) atoms. The lowest BCUT2D eigenvalue weighted by Gasteiger charge is -2.31. The summed E-state index contributed by atoms with van der Waals surface area (Å²) in [5.74, 6) is -1.18. The number of nitrogens with one attached hydrogen (secondary N) is 1. The third-order valence-electron chi connectivity index (χ3n) is 4.98. The number of aryl methyl sites for hydroxylation is 1. The van der Waals surface area contributed by atoms with Gasteiger partial charge in [0.2, 0.25) is 5.60 Å². The molecule has 0 saturated heterocycles. The summed E-state index contributed by atoms with van der Waals surface area (Å²) in [5.41, 5.74) is -2.54. The maximum atomic E-state index is 14.5. The van der Waals surface area contributed by atoms with Crippen LogP contribution >= 0.6 is 15.9 Å². The quantitative estimate of drug-likeness (QED) is 0.223. The number of nitrogens with zero attached hydrogens (tertiary/aromatic N) is 3. The highest BCUT2D eigenvalue weighted by Crippen LogP contribution is 2.46. The number of anilines is 1. The number of carbonyl (C=O) groups is 1. The van der Waals surface area contributed by atoms with E-state index in [4.69, 9.17) is 13.9 Å². The Balaban J connectivity index is 2.04. The van der Waals surface area contributed by atoms with Gasteiger partial charge in [-0.25, -0.2) is 9.78 Å². The average molecular weight is 583 g/mol. The summed E-state index contributed by atoms with van der Waals surface area (Å²) in [5, 5.41) is 10.0. The van der Waals surface area contributed by atoms with E-state index in [-0.39, 0.29) is 23.9 Å². The molecule has 3 aromatic rings. The molecule has 1 amide bonds. The highest BCUT2D eigenvalue weighted by Gasteiger charge is 2.60. The Labute approximate surface area is 220 Å². The van der Waals surface area contributed by atoms with Crippen molar-refractivity contribution in [3.05, 3.63) is 70.7 Å². The summed E-state index contributed by atoms with van der Waals surface area (Å²) in [6.07, 6.45) is -5.34. The van der Waals surface area contributed by atoms with Crippen LogP contribution in [0, 0.1) is 6.92 Å². The summed E-state index contributed by atoms with van der Waals surface area (Å²) >= 11 is 3.28. The minimum atomic E-state index is -4.93. The highest BCUT2D eigenvalue weighted by molar-refractivity contribution is 9.10. The molecule has 3 rings (SSSR count). The predicted octanol–water partition coefficient (Wildman–Crippen LogP) is 7.10. The van der Waals surface area contributed by atoms with Gasteiger partial charge in [0.25, 0.3) is 11.8 Å². The molecule has 0 unspecified atom stereocenters. The monoisotopic (exact) mass is 582 g/mol. The van der Waals surface area contributed by atoms with Crippen molar-refractivity contribution in [1.82, 2.24) is 15.2 Å². The van der Waals surface area contributed by atoms with Gasteiger partial charge in [0.1, 0.15) is 10.2 Å². The van der Waals surface area contributed by atoms with E-state index < -0.39 is 35.8 Å². The molecule has 1 atom stereocenters. The number of ether oxygens (including phenoxy) is 2. The molecular weight excluding hydrogens is 557 g/mol. The minimum absolute atomic E-state index is 0.0557. The lowest BCUT2D eigenvalue weighted by molar-refractivity contribution is -0.295. The summed E-state index contributed by atoms with van der Waals surface area (Å²) in [6, 6.07) is 9.93. The van der Waals surface area contributed by atoms with Crippen LogP contribution in [0.3, 0.4) is 0 Å². The largest absolute Gasteiger partial charge is 0.444 e. The summed E-state index contributed by atoms with van der Waals surface area (Å²) in [4.78, 5) is 16.7. The van der Waals surface area contributed by atoms with Crippen LogP contribution in [0.15, 0.2) is 58.1 Å². The molecule has 0 radical (unpaired) electrons. The number of alkyl halides is 3. The van der Waals surface area contributed by atoms with Crippen molar-refractivity contribution in [2.45, 2.75) is 58.1 Å². The van der Waals surface area contributed by atoms with Crippen LogP contribution in [-0.2, 0) is 21.7 Å². The Morgan fingerprint density at radius 1 is 1.19 bits per heavy atom. The molecule has 2 aromatic heterocycles. The maximum absolute atomic E-state index is 14.5. The van der Waals surface area contributed by atoms with Gasteiger partial charge in [-0.1, -0.05) is 36.4 Å². The van der Waals surface area contributed by atoms with E-state index in [1.807, 2.05) is 0 Å². The third-order valence-corrected chi connectivity index (χ3v) is 5.78. The molecule has 2 heterocycles. The molecule has 12 heteroatoms. The van der Waals surface area contributed by atoms with Crippen molar-refractivity contribution in [2.24, 2.45) is 0 Å². The molecule has 0 aliphatic heterocycles. The number of aromatic nitrogens is 3. The molecule has 1 aromatic carbocycles. The molecule has 1 N–H and O–H groups in total. The topological polar surface area (TPSA) is 99.4 Å². The van der Waals surface area contributed by atoms with E-state index in [0.717, 1.165) is 6.08 Å². The van der Waals surface area contributed by atoms with Gasteiger partial charge in [0, 0.05) is 6.42 Å². The van der Waals surface area contributed by atoms with Crippen LogP contribution in [0.2, 0.25) is 0 Å². The van der Waals surface area contributed by atoms with Crippen LogP contribution in [-0.4, -0.2) is 33.1 Å². The average Bonchev–Trinajstić information content (AvgIpc) is 3.28. The number of hydrogen-bond acceptors (Lipinski definition) is 7. The van der Waals surface area contributed by atoms with Crippen LogP contribution in [0.5, 0.6) is 0 Å². The second kappa shape index (κ2) is 11.0. The fourth-order valence-electron chi connectivity index (χ4n) is 3.26. The van der Waals surface area contributed by atoms with Crippen LogP contribution in [0.1, 0.15) is 44.2 Å². The van der Waals surface area contributed by atoms with E-state index in [0.29, 0.717) is 15.7 Å². The van der Waals surface area contributed by atoms with Gasteiger partial charge in [-0.05, 0) is 60.8 Å². The van der Waals surface area contributed by atoms with Gasteiger partial charge >= 0.3 is 12.3 Å². The third kappa shape index (κ3) is 6.75. The number of halogens is 4. The SMILES string of the molecule is C=CC[C@@](OCc1ccccc1)(c1nnc(-c2nc(Br)c(C)cc2NC(=O)OC(C)(C)C)o1)C(F)(F)F. The molecule has 0 aliphatic carbocycles. The number of benzene rings is 1. The Bertz CT molecular complexity index is 1260. The van der Waals surface area contributed by atoms with Gasteiger partial charge in [-0.3, -0.25) is 5.32 Å². The van der Waals surface area contributed by atoms with Gasteiger partial charge in [-0.2, -0.15) is 13.2 Å². The molecule has 0 fully saturated rings. The zero-order valence-corrected chi connectivity index (χ0v) is 22.2. The first-order valence-corrected chi connectivity index (χ1v) is 11.9. The second-order valence-electron chi connectivity index (χ2n) is 9.12. The van der Waals surface area contributed by atoms with Crippen LogP contribution < -0.4 is 5.32 Å². The molecular formula is C25H26BrF3N4O4. The van der Waals surface area contributed by atoms with Crippen LogP contribution in [0.4, 0.5) is 23.7 Å². The van der Waals surface area contributed by atoms with Crippen molar-refractivity contribution < 1.29 is 31.9 Å². The summed E-state index contributed by atoms with van der Waals surface area (Å²) in [7, 11) is 0. The lowest BCUT2D eigenvalue weighted by Crippen LogP contribution is -2.45. The number of hydrogen-bond donors (Lipinski definition) is 1. The molecule has 0 spiro atoms. The van der Waals surface area contributed by atoms with Crippen molar-refractivity contribution >= 4 is 27.7 Å². The van der Waals surface area contributed by atoms with Crippen molar-refractivity contribution in [2.75, 3.05) is 5.32 Å². The van der Waals surface area contributed by atoms with Gasteiger partial charge < -0.3 is 13.9 Å². The van der Waals surface area contributed by atoms with Gasteiger partial charge in [-0.15, -0.1) is 16.8 Å². The normalized spacial score (nSPS) is 13.6. The fraction of sp³-hybridized carbons (Fsp3) is 0.360. The van der Waals surface area contributed by atoms with E-state index in [1.165, 1.54) is 0 Å². The van der Waals surface area contributed by atoms with Crippen molar-refractivity contribution in [3.63, 3.8) is 0 Å². The summed E-state index contributed by atoms with van der Waals surface area (Å²) < 4.78 is 60.1. The van der Waals surface area contributed by atoms with Gasteiger partial charge in [0.05, 0.1) is 12.3 Å². The number of amides is 1. The predicted molar refractivity (Wildman–Crippen MR) is 134 cm³/mol. The Morgan fingerprint density at radius 3 is 2.46 bits per heavy atom. The van der Waals surface area contributed by atoms with E-state index in [9.17, 15) is 18.0 Å². The Kier molecular flexibility index (Phi) is 8.43. The standard InChI is InChI=1S/C25H26BrF3N4O4/c1-6-12-24(25(27,28)29,35-14-16-10-8-7-9-11-16)21-33-32-20(36-21)18-17(13-15(2)19(26)31-18)30-22(34)37-23(3,4)5/h6-11,13H,1,12,14H2,2-5H3,(H,30,34)/t24-/m1/s1. The highest BCUT2D eigenvalue weighted by atomic mass is 79.9. The summed E-state index contributed by atoms with van der Waals surface area (Å²) in [6.45, 7) is 9.87. The molecule has 198 valence electrons. The van der Waals surface area contributed by atoms with Crippen molar-refractivity contribution in [1.29, 1.82) is 0 Å². The van der Waals surface area contributed by atoms with E-state index in [1.54, 1.807) is 64.1 Å². The van der Waals surface area contributed by atoms with E-state index in [2.05, 4.69) is 43.0 Å². The van der Waals surface area contributed by atoms with Crippen molar-refractivity contribution in [3.8, 4) is 11.6 Å². The molecule has 0 aliphatic rings. The second-order valence-corrected chi connectivity index (χ2v) is 9.87. The first-order valence-electron chi connectivity index (χ1n) is 11.1. The number of carbonyl (C=O) groups excluding carboxylic acids is 1. The first kappa shape index (κ1) is 28.3.